The Hall–Kier alpha value is -4.16. The Balaban J connectivity index is 1.58. The van der Waals surface area contributed by atoms with Crippen LogP contribution in [-0.2, 0) is 4.79 Å². The van der Waals surface area contributed by atoms with Crippen LogP contribution < -0.4 is 9.75 Å². The molecule has 0 fully saturated rings. The molecule has 0 saturated heterocycles. The number of hydrogen-bond donors (Lipinski definition) is 0. The maximum atomic E-state index is 13.3. The Bertz CT molecular complexity index is 1460. The van der Waals surface area contributed by atoms with Gasteiger partial charge in [-0.3, -0.25) is 4.79 Å². The van der Waals surface area contributed by atoms with E-state index in [4.69, 9.17) is 21.4 Å². The van der Waals surface area contributed by atoms with Crippen molar-refractivity contribution < 1.29 is 9.53 Å². The minimum Gasteiger partial charge on any atom is -0.492 e. The van der Waals surface area contributed by atoms with Gasteiger partial charge >= 0.3 is 0 Å². The van der Waals surface area contributed by atoms with Crippen LogP contribution in [0.15, 0.2) is 95.7 Å². The fourth-order valence-corrected chi connectivity index (χ4v) is 4.23. The second-order valence-corrected chi connectivity index (χ2v) is 8.81. The Morgan fingerprint density at radius 3 is 2.33 bits per heavy atom. The molecule has 5 rings (SSSR count). The molecule has 1 aliphatic heterocycles. The SMILES string of the molecule is CCCOc1ccc(-c2nn(-c3ccccc3)cc2C=C2C(=O)N(c3ccccc3)N=C2C)cc1Cl. The summed E-state index contributed by atoms with van der Waals surface area (Å²) < 4.78 is 7.54. The Labute approximate surface area is 215 Å². The molecular formula is C29H25ClN4O2. The van der Waals surface area contributed by atoms with Crippen molar-refractivity contribution in [2.45, 2.75) is 20.3 Å². The van der Waals surface area contributed by atoms with Gasteiger partial charge in [0.2, 0.25) is 0 Å². The van der Waals surface area contributed by atoms with Gasteiger partial charge in [-0.1, -0.05) is 54.9 Å². The zero-order valence-electron chi connectivity index (χ0n) is 20.1. The number of benzene rings is 3. The average Bonchev–Trinajstić information content (AvgIpc) is 3.46. The van der Waals surface area contributed by atoms with Crippen LogP contribution >= 0.6 is 11.6 Å². The van der Waals surface area contributed by atoms with E-state index in [9.17, 15) is 4.79 Å². The van der Waals surface area contributed by atoms with E-state index in [1.807, 2.05) is 105 Å². The Morgan fingerprint density at radius 1 is 0.972 bits per heavy atom. The van der Waals surface area contributed by atoms with Crippen molar-refractivity contribution in [3.63, 3.8) is 0 Å². The number of halogens is 1. The normalized spacial score (nSPS) is 14.4. The summed E-state index contributed by atoms with van der Waals surface area (Å²) in [6.07, 6.45) is 4.66. The number of para-hydroxylation sites is 2. The summed E-state index contributed by atoms with van der Waals surface area (Å²) in [5.41, 5.74) is 5.10. The van der Waals surface area contributed by atoms with Crippen molar-refractivity contribution in [1.29, 1.82) is 0 Å². The predicted octanol–water partition coefficient (Wildman–Crippen LogP) is 6.79. The molecule has 1 aliphatic rings. The summed E-state index contributed by atoms with van der Waals surface area (Å²) >= 11 is 6.54. The van der Waals surface area contributed by atoms with Gasteiger partial charge in [-0.05, 0) is 61.9 Å². The molecule has 6 nitrogen and oxygen atoms in total. The number of hydrogen-bond acceptors (Lipinski definition) is 4. The van der Waals surface area contributed by atoms with Crippen LogP contribution in [0.4, 0.5) is 5.69 Å². The van der Waals surface area contributed by atoms with Crippen LogP contribution in [-0.4, -0.2) is 28.0 Å². The summed E-state index contributed by atoms with van der Waals surface area (Å²) in [6.45, 7) is 4.48. The standard InChI is InChI=1S/C29H25ClN4O2/c1-3-16-36-27-15-14-21(18-26(27)30)28-22(19-33(32-28)23-10-6-4-7-11-23)17-25-20(2)31-34(29(25)35)24-12-8-5-9-13-24/h4-15,17-19H,3,16H2,1-2H3. The molecule has 0 radical (unpaired) electrons. The van der Waals surface area contributed by atoms with Crippen LogP contribution in [0.2, 0.25) is 5.02 Å². The highest BCUT2D eigenvalue weighted by Crippen LogP contribution is 2.34. The number of anilines is 1. The number of rotatable bonds is 7. The number of carbonyl (C=O) groups excluding carboxylic acids is 1. The molecule has 0 atom stereocenters. The summed E-state index contributed by atoms with van der Waals surface area (Å²) in [4.78, 5) is 13.3. The molecule has 0 N–H and O–H groups in total. The van der Waals surface area contributed by atoms with Gasteiger partial charge < -0.3 is 4.74 Å². The van der Waals surface area contributed by atoms with Crippen LogP contribution in [0.25, 0.3) is 23.0 Å². The highest BCUT2D eigenvalue weighted by molar-refractivity contribution is 6.33. The third-order valence-electron chi connectivity index (χ3n) is 5.79. The quantitative estimate of drug-likeness (QED) is 0.265. The van der Waals surface area contributed by atoms with Crippen molar-refractivity contribution >= 4 is 35.0 Å². The van der Waals surface area contributed by atoms with Gasteiger partial charge in [0.25, 0.3) is 5.91 Å². The Morgan fingerprint density at radius 2 is 1.67 bits per heavy atom. The largest absolute Gasteiger partial charge is 0.492 e. The molecule has 2 heterocycles. The molecule has 0 unspecified atom stereocenters. The molecule has 7 heteroatoms. The zero-order chi connectivity index (χ0) is 25.1. The molecule has 36 heavy (non-hydrogen) atoms. The maximum absolute atomic E-state index is 13.3. The van der Waals surface area contributed by atoms with Crippen molar-refractivity contribution in [2.75, 3.05) is 11.6 Å². The number of nitrogens with zero attached hydrogens (tertiary/aromatic N) is 4. The fraction of sp³-hybridized carbons (Fsp3) is 0.138. The number of hydrazone groups is 1. The topological polar surface area (TPSA) is 59.7 Å². The van der Waals surface area contributed by atoms with E-state index in [2.05, 4.69) is 5.10 Å². The maximum Gasteiger partial charge on any atom is 0.280 e. The van der Waals surface area contributed by atoms with Gasteiger partial charge in [0, 0.05) is 17.3 Å². The smallest absolute Gasteiger partial charge is 0.280 e. The number of ether oxygens (including phenoxy) is 1. The first-order chi connectivity index (χ1) is 17.5. The van der Waals surface area contributed by atoms with Crippen molar-refractivity contribution in [2.24, 2.45) is 5.10 Å². The highest BCUT2D eigenvalue weighted by Gasteiger charge is 2.29. The molecule has 180 valence electrons. The van der Waals surface area contributed by atoms with Gasteiger partial charge in [-0.2, -0.15) is 15.2 Å². The number of aromatic nitrogens is 2. The van der Waals surface area contributed by atoms with Gasteiger partial charge in [0.05, 0.1) is 34.3 Å². The second-order valence-electron chi connectivity index (χ2n) is 8.40. The van der Waals surface area contributed by atoms with Crippen molar-refractivity contribution in [1.82, 2.24) is 9.78 Å². The highest BCUT2D eigenvalue weighted by atomic mass is 35.5. The Kier molecular flexibility index (Phi) is 6.69. The van der Waals surface area contributed by atoms with Crippen molar-refractivity contribution in [3.05, 3.63) is 101 Å². The van der Waals surface area contributed by atoms with E-state index in [-0.39, 0.29) is 5.91 Å². The molecule has 0 saturated carbocycles. The van der Waals surface area contributed by atoms with E-state index in [0.29, 0.717) is 34.4 Å². The number of carbonyl (C=O) groups is 1. The zero-order valence-corrected chi connectivity index (χ0v) is 20.8. The molecule has 1 amide bonds. The lowest BCUT2D eigenvalue weighted by atomic mass is 10.0. The van der Waals surface area contributed by atoms with Gasteiger partial charge in [0.1, 0.15) is 11.4 Å². The first kappa shape index (κ1) is 23.6. The summed E-state index contributed by atoms with van der Waals surface area (Å²) in [5.74, 6) is 0.454. The van der Waals surface area contributed by atoms with E-state index >= 15 is 0 Å². The lowest BCUT2D eigenvalue weighted by Gasteiger charge is -2.11. The van der Waals surface area contributed by atoms with Gasteiger partial charge in [-0.15, -0.1) is 0 Å². The van der Waals surface area contributed by atoms with E-state index in [1.165, 1.54) is 5.01 Å². The monoisotopic (exact) mass is 496 g/mol. The van der Waals surface area contributed by atoms with Crippen LogP contribution in [0, 0.1) is 0 Å². The molecule has 0 spiro atoms. The second kappa shape index (κ2) is 10.2. The van der Waals surface area contributed by atoms with Crippen LogP contribution in [0.5, 0.6) is 5.75 Å². The molecule has 3 aromatic carbocycles. The number of amides is 1. The average molecular weight is 497 g/mol. The van der Waals surface area contributed by atoms with Gasteiger partial charge in [0.15, 0.2) is 0 Å². The lowest BCUT2D eigenvalue weighted by Crippen LogP contribution is -2.21. The summed E-state index contributed by atoms with van der Waals surface area (Å²) in [5, 5.41) is 11.3. The van der Waals surface area contributed by atoms with E-state index < -0.39 is 0 Å². The van der Waals surface area contributed by atoms with Crippen LogP contribution in [0.3, 0.4) is 0 Å². The lowest BCUT2D eigenvalue weighted by molar-refractivity contribution is -0.114. The first-order valence-electron chi connectivity index (χ1n) is 11.8. The van der Waals surface area contributed by atoms with Crippen LogP contribution in [0.1, 0.15) is 25.8 Å². The van der Waals surface area contributed by atoms with E-state index in [0.717, 1.165) is 28.9 Å². The first-order valence-corrected chi connectivity index (χ1v) is 12.2. The fourth-order valence-electron chi connectivity index (χ4n) is 3.99. The van der Waals surface area contributed by atoms with E-state index in [1.54, 1.807) is 4.68 Å². The molecular weight excluding hydrogens is 472 g/mol. The summed E-state index contributed by atoms with van der Waals surface area (Å²) in [7, 11) is 0. The minimum atomic E-state index is -0.182. The summed E-state index contributed by atoms with van der Waals surface area (Å²) in [6, 6.07) is 24.9. The van der Waals surface area contributed by atoms with Crippen molar-refractivity contribution in [3.8, 4) is 22.7 Å². The third kappa shape index (κ3) is 4.68. The molecule has 0 bridgehead atoms. The third-order valence-corrected chi connectivity index (χ3v) is 6.09. The molecule has 1 aromatic heterocycles. The molecule has 4 aromatic rings. The van der Waals surface area contributed by atoms with Gasteiger partial charge in [-0.25, -0.2) is 4.68 Å². The minimum absolute atomic E-state index is 0.182. The predicted molar refractivity (Wildman–Crippen MR) is 145 cm³/mol. The molecule has 0 aliphatic carbocycles.